The smallest absolute Gasteiger partial charge is 0.0620 e. The highest BCUT2D eigenvalue weighted by molar-refractivity contribution is 8.21. The maximum absolute atomic E-state index is 2.58. The van der Waals surface area contributed by atoms with Crippen LogP contribution in [0.1, 0.15) is 44.9 Å². The Morgan fingerprint density at radius 2 is 1.73 bits per heavy atom. The number of allylic oxidation sites excluding steroid dienone is 2. The minimum absolute atomic E-state index is 0.612. The zero-order valence-electron chi connectivity index (χ0n) is 9.34. The summed E-state index contributed by atoms with van der Waals surface area (Å²) >= 11 is 4.52. The van der Waals surface area contributed by atoms with Crippen LogP contribution in [0.5, 0.6) is 0 Å². The van der Waals surface area contributed by atoms with Crippen LogP contribution in [-0.4, -0.2) is 15.6 Å². The van der Waals surface area contributed by atoms with Gasteiger partial charge in [0.25, 0.3) is 0 Å². The van der Waals surface area contributed by atoms with E-state index in [1.807, 2.05) is 0 Å². The molecule has 2 heteroatoms. The van der Waals surface area contributed by atoms with Crippen molar-refractivity contribution in [2.24, 2.45) is 5.41 Å². The Morgan fingerprint density at radius 3 is 2.47 bits per heavy atom. The van der Waals surface area contributed by atoms with Crippen molar-refractivity contribution in [1.82, 2.24) is 0 Å². The molecular weight excluding hydrogens is 220 g/mol. The molecule has 1 atom stereocenters. The van der Waals surface area contributed by atoms with Crippen molar-refractivity contribution in [2.75, 3.05) is 11.5 Å². The zero-order chi connectivity index (χ0) is 10.2. The maximum atomic E-state index is 2.58. The molecule has 1 saturated heterocycles. The number of hydrogen-bond donors (Lipinski definition) is 0. The van der Waals surface area contributed by atoms with E-state index in [9.17, 15) is 0 Å². The van der Waals surface area contributed by atoms with Crippen molar-refractivity contribution < 1.29 is 0 Å². The van der Waals surface area contributed by atoms with Crippen LogP contribution in [0.4, 0.5) is 0 Å². The lowest BCUT2D eigenvalue weighted by Gasteiger charge is -2.45. The molecule has 0 aromatic heterocycles. The van der Waals surface area contributed by atoms with Crippen LogP contribution >= 0.6 is 23.5 Å². The Labute approximate surface area is 102 Å². The minimum Gasteiger partial charge on any atom is -0.143 e. The van der Waals surface area contributed by atoms with Gasteiger partial charge in [0.15, 0.2) is 0 Å². The molecule has 0 bridgehead atoms. The van der Waals surface area contributed by atoms with Crippen LogP contribution < -0.4 is 0 Å². The van der Waals surface area contributed by atoms with E-state index in [2.05, 4.69) is 35.7 Å². The van der Waals surface area contributed by atoms with Crippen LogP contribution in [0.3, 0.4) is 0 Å². The molecule has 1 aliphatic heterocycles. The summed E-state index contributed by atoms with van der Waals surface area (Å²) in [5.74, 6) is 2.79. The van der Waals surface area contributed by atoms with Crippen molar-refractivity contribution in [2.45, 2.75) is 49.0 Å². The molecule has 0 amide bonds. The Balaban J connectivity index is 1.80. The third-order valence-electron chi connectivity index (χ3n) is 4.18. The standard InChI is InChI=1S/C13H20S2/c1-2-5-12(6-3-1)7-4-8-13(11-12)14-9-10-15-13/h2,5H,1,3-4,6-11H2. The highest BCUT2D eigenvalue weighted by Gasteiger charge is 2.46. The number of rotatable bonds is 0. The van der Waals surface area contributed by atoms with Crippen LogP contribution in [0.2, 0.25) is 0 Å². The van der Waals surface area contributed by atoms with E-state index in [1.54, 1.807) is 0 Å². The normalized spacial score (nSPS) is 38.9. The van der Waals surface area contributed by atoms with E-state index >= 15 is 0 Å². The van der Waals surface area contributed by atoms with Gasteiger partial charge in [-0.1, -0.05) is 18.6 Å². The van der Waals surface area contributed by atoms with Crippen molar-refractivity contribution in [3.63, 3.8) is 0 Å². The predicted molar refractivity (Wildman–Crippen MR) is 71.5 cm³/mol. The average molecular weight is 240 g/mol. The van der Waals surface area contributed by atoms with E-state index in [4.69, 9.17) is 0 Å². The molecule has 3 rings (SSSR count). The van der Waals surface area contributed by atoms with E-state index in [0.29, 0.717) is 9.49 Å². The Kier molecular flexibility index (Phi) is 2.84. The van der Waals surface area contributed by atoms with Crippen LogP contribution in [-0.2, 0) is 0 Å². The van der Waals surface area contributed by atoms with Crippen LogP contribution in [0.15, 0.2) is 12.2 Å². The summed E-state index contributed by atoms with van der Waals surface area (Å²) in [4.78, 5) is 0. The van der Waals surface area contributed by atoms with Crippen molar-refractivity contribution in [1.29, 1.82) is 0 Å². The molecule has 0 aromatic carbocycles. The highest BCUT2D eigenvalue weighted by Crippen LogP contribution is 2.59. The first-order valence-corrected chi connectivity index (χ1v) is 8.25. The molecule has 2 spiro atoms. The van der Waals surface area contributed by atoms with Crippen LogP contribution in [0, 0.1) is 5.41 Å². The van der Waals surface area contributed by atoms with Crippen molar-refractivity contribution in [3.8, 4) is 0 Å². The minimum atomic E-state index is 0.612. The SMILES string of the molecule is C1=CC2(CCC1)CCCC1(C2)SCCS1. The van der Waals surface area contributed by atoms with Gasteiger partial charge in [-0.15, -0.1) is 23.5 Å². The Morgan fingerprint density at radius 1 is 0.933 bits per heavy atom. The molecule has 15 heavy (non-hydrogen) atoms. The second kappa shape index (κ2) is 4.03. The molecule has 0 nitrogen and oxygen atoms in total. The molecule has 2 aliphatic carbocycles. The van der Waals surface area contributed by atoms with Crippen molar-refractivity contribution >= 4 is 23.5 Å². The maximum Gasteiger partial charge on any atom is 0.0620 e. The summed E-state index contributed by atoms with van der Waals surface area (Å²) in [6, 6.07) is 0. The lowest BCUT2D eigenvalue weighted by molar-refractivity contribution is 0.222. The molecule has 1 heterocycles. The fourth-order valence-corrected chi connectivity index (χ4v) is 7.11. The third kappa shape index (κ3) is 2.00. The summed E-state index contributed by atoms with van der Waals surface area (Å²) < 4.78 is 0.625. The largest absolute Gasteiger partial charge is 0.143 e. The molecule has 0 aromatic rings. The quantitative estimate of drug-likeness (QED) is 0.573. The number of thioether (sulfide) groups is 2. The molecule has 2 fully saturated rings. The topological polar surface area (TPSA) is 0 Å². The molecule has 3 aliphatic rings. The zero-order valence-corrected chi connectivity index (χ0v) is 11.0. The first-order valence-electron chi connectivity index (χ1n) is 6.28. The second-order valence-electron chi connectivity index (χ2n) is 5.29. The molecular formula is C13H20S2. The van der Waals surface area contributed by atoms with E-state index < -0.39 is 0 Å². The van der Waals surface area contributed by atoms with Gasteiger partial charge in [-0.05, 0) is 43.9 Å². The van der Waals surface area contributed by atoms with Gasteiger partial charge in [-0.25, -0.2) is 0 Å². The first kappa shape index (κ1) is 10.6. The van der Waals surface area contributed by atoms with E-state index in [0.717, 1.165) is 0 Å². The lowest BCUT2D eigenvalue weighted by Crippen LogP contribution is -2.35. The van der Waals surface area contributed by atoms with Crippen molar-refractivity contribution in [3.05, 3.63) is 12.2 Å². The van der Waals surface area contributed by atoms with Gasteiger partial charge in [0.1, 0.15) is 0 Å². The Bertz CT molecular complexity index is 266. The van der Waals surface area contributed by atoms with Gasteiger partial charge in [0, 0.05) is 11.5 Å². The molecule has 1 unspecified atom stereocenters. The molecule has 0 N–H and O–H groups in total. The monoisotopic (exact) mass is 240 g/mol. The average Bonchev–Trinajstić information content (AvgIpc) is 2.67. The number of hydrogen-bond acceptors (Lipinski definition) is 2. The third-order valence-corrected chi connectivity index (χ3v) is 7.72. The molecule has 1 saturated carbocycles. The lowest BCUT2D eigenvalue weighted by atomic mass is 9.68. The highest BCUT2D eigenvalue weighted by atomic mass is 32.2. The van der Waals surface area contributed by atoms with Gasteiger partial charge < -0.3 is 0 Å². The van der Waals surface area contributed by atoms with Gasteiger partial charge in [0.05, 0.1) is 4.08 Å². The van der Waals surface area contributed by atoms with E-state index in [-0.39, 0.29) is 0 Å². The summed E-state index contributed by atoms with van der Waals surface area (Å²) in [7, 11) is 0. The predicted octanol–water partition coefficient (Wildman–Crippen LogP) is 4.46. The fourth-order valence-electron chi connectivity index (χ4n) is 3.51. The van der Waals surface area contributed by atoms with Gasteiger partial charge in [0.2, 0.25) is 0 Å². The summed E-state index contributed by atoms with van der Waals surface area (Å²) in [5, 5.41) is 0. The summed E-state index contributed by atoms with van der Waals surface area (Å²) in [5.41, 5.74) is 0.612. The van der Waals surface area contributed by atoms with Gasteiger partial charge in [-0.3, -0.25) is 0 Å². The summed E-state index contributed by atoms with van der Waals surface area (Å²) in [6.45, 7) is 0. The Hall–Kier alpha value is 0.440. The second-order valence-corrected chi connectivity index (χ2v) is 8.51. The summed E-state index contributed by atoms with van der Waals surface area (Å²) in [6.07, 6.45) is 15.1. The van der Waals surface area contributed by atoms with Gasteiger partial charge >= 0.3 is 0 Å². The first-order chi connectivity index (χ1) is 7.33. The van der Waals surface area contributed by atoms with E-state index in [1.165, 1.54) is 56.5 Å². The molecule has 84 valence electrons. The van der Waals surface area contributed by atoms with Gasteiger partial charge in [-0.2, -0.15) is 0 Å². The molecule has 0 radical (unpaired) electrons. The fraction of sp³-hybridized carbons (Fsp3) is 0.846. The van der Waals surface area contributed by atoms with Crippen LogP contribution in [0.25, 0.3) is 0 Å².